The van der Waals surface area contributed by atoms with E-state index in [1.165, 1.54) is 11.3 Å². The third-order valence-electron chi connectivity index (χ3n) is 4.27. The molecule has 5 heteroatoms. The van der Waals surface area contributed by atoms with Crippen LogP contribution >= 0.6 is 11.3 Å². The second kappa shape index (κ2) is 5.44. The van der Waals surface area contributed by atoms with Crippen molar-refractivity contribution < 1.29 is 18.0 Å². The Morgan fingerprint density at radius 3 is 2.67 bits per heavy atom. The van der Waals surface area contributed by atoms with E-state index in [0.717, 1.165) is 10.1 Å². The molecule has 1 aromatic heterocycles. The monoisotopic (exact) mass is 312 g/mol. The van der Waals surface area contributed by atoms with E-state index in [-0.39, 0.29) is 12.2 Å². The van der Waals surface area contributed by atoms with E-state index in [1.807, 2.05) is 17.5 Å². The second-order valence-corrected chi connectivity index (χ2v) is 6.46. The predicted molar refractivity (Wildman–Crippen MR) is 77.7 cm³/mol. The van der Waals surface area contributed by atoms with E-state index in [1.54, 1.807) is 12.1 Å². The Labute approximate surface area is 124 Å². The van der Waals surface area contributed by atoms with Crippen LogP contribution in [0.1, 0.15) is 36.0 Å². The number of hydrogen-bond donors (Lipinski definition) is 0. The lowest BCUT2D eigenvalue weighted by Crippen LogP contribution is -2.37. The molecule has 0 radical (unpaired) electrons. The summed E-state index contributed by atoms with van der Waals surface area (Å²) in [6.45, 7) is 0. The molecule has 1 fully saturated rings. The molecule has 3 rings (SSSR count). The van der Waals surface area contributed by atoms with Gasteiger partial charge in [0.1, 0.15) is 0 Å². The molecule has 0 saturated heterocycles. The van der Waals surface area contributed by atoms with Crippen LogP contribution < -0.4 is 0 Å². The molecule has 2 aromatic rings. The number of carbonyl (C=O) groups is 1. The smallest absolute Gasteiger partial charge is 0.294 e. The fourth-order valence-electron chi connectivity index (χ4n) is 3.22. The first-order valence-corrected chi connectivity index (χ1v) is 7.93. The minimum Gasteiger partial charge on any atom is -0.294 e. The van der Waals surface area contributed by atoms with Crippen LogP contribution in [0, 0.1) is 11.8 Å². The van der Waals surface area contributed by atoms with Crippen LogP contribution in [0.3, 0.4) is 0 Å². The van der Waals surface area contributed by atoms with Crippen molar-refractivity contribution in [1.29, 1.82) is 0 Å². The highest BCUT2D eigenvalue weighted by atomic mass is 32.1. The lowest BCUT2D eigenvalue weighted by Gasteiger charge is -2.32. The van der Waals surface area contributed by atoms with Gasteiger partial charge in [0.2, 0.25) is 0 Å². The standard InChI is InChI=1S/C16H15F3OS/c17-16(18,19)13-7-2-1-5-11(13)14(20)12-6-3-4-10-8-9-21-15(10)12/h3-4,6,8-9,11,13H,1-2,5,7H2. The summed E-state index contributed by atoms with van der Waals surface area (Å²) in [4.78, 5) is 12.7. The van der Waals surface area contributed by atoms with E-state index in [2.05, 4.69) is 0 Å². The van der Waals surface area contributed by atoms with Gasteiger partial charge in [0.25, 0.3) is 0 Å². The number of carbonyl (C=O) groups excluding carboxylic acids is 1. The maximum atomic E-state index is 13.2. The molecular weight excluding hydrogens is 297 g/mol. The molecule has 112 valence electrons. The van der Waals surface area contributed by atoms with Gasteiger partial charge in [-0.2, -0.15) is 13.2 Å². The summed E-state index contributed by atoms with van der Waals surface area (Å²) in [5.41, 5.74) is 0.448. The Hall–Kier alpha value is -1.36. The molecule has 1 nitrogen and oxygen atoms in total. The Morgan fingerprint density at radius 1 is 1.14 bits per heavy atom. The quantitative estimate of drug-likeness (QED) is 0.674. The summed E-state index contributed by atoms with van der Waals surface area (Å²) < 4.78 is 40.3. The molecule has 1 aliphatic carbocycles. The zero-order valence-electron chi connectivity index (χ0n) is 11.3. The first-order chi connectivity index (χ1) is 9.98. The van der Waals surface area contributed by atoms with Crippen molar-refractivity contribution in [3.8, 4) is 0 Å². The highest BCUT2D eigenvalue weighted by Crippen LogP contribution is 2.43. The molecule has 2 atom stereocenters. The lowest BCUT2D eigenvalue weighted by molar-refractivity contribution is -0.190. The van der Waals surface area contributed by atoms with E-state index in [9.17, 15) is 18.0 Å². The van der Waals surface area contributed by atoms with Gasteiger partial charge in [0, 0.05) is 16.2 Å². The number of ketones is 1. The van der Waals surface area contributed by atoms with E-state index in [4.69, 9.17) is 0 Å². The van der Waals surface area contributed by atoms with Crippen LogP contribution in [-0.4, -0.2) is 12.0 Å². The van der Waals surface area contributed by atoms with E-state index >= 15 is 0 Å². The largest absolute Gasteiger partial charge is 0.392 e. The zero-order valence-corrected chi connectivity index (χ0v) is 12.1. The molecule has 1 aromatic carbocycles. The van der Waals surface area contributed by atoms with Crippen LogP contribution in [0.5, 0.6) is 0 Å². The number of rotatable bonds is 2. The third kappa shape index (κ3) is 2.71. The summed E-state index contributed by atoms with van der Waals surface area (Å²) in [5.74, 6) is -2.76. The molecule has 0 N–H and O–H groups in total. The second-order valence-electron chi connectivity index (χ2n) is 5.55. The maximum Gasteiger partial charge on any atom is 0.392 e. The topological polar surface area (TPSA) is 17.1 Å². The average Bonchev–Trinajstić information content (AvgIpc) is 2.94. The molecule has 2 unspecified atom stereocenters. The highest BCUT2D eigenvalue weighted by molar-refractivity contribution is 7.17. The Morgan fingerprint density at radius 2 is 1.90 bits per heavy atom. The van der Waals surface area contributed by atoms with Gasteiger partial charge in [-0.05, 0) is 35.7 Å². The van der Waals surface area contributed by atoms with Crippen LogP contribution in [0.4, 0.5) is 13.2 Å². The number of Topliss-reactive ketones (excluding diaryl/α,β-unsaturated/α-hetero) is 1. The Bertz CT molecular complexity index is 659. The first-order valence-electron chi connectivity index (χ1n) is 7.05. The molecule has 1 heterocycles. The van der Waals surface area contributed by atoms with Gasteiger partial charge in [-0.25, -0.2) is 0 Å². The van der Waals surface area contributed by atoms with Gasteiger partial charge in [0.15, 0.2) is 5.78 Å². The van der Waals surface area contributed by atoms with Gasteiger partial charge in [-0.3, -0.25) is 4.79 Å². The van der Waals surface area contributed by atoms with Gasteiger partial charge < -0.3 is 0 Å². The van der Waals surface area contributed by atoms with Crippen molar-refractivity contribution in [3.63, 3.8) is 0 Å². The minimum absolute atomic E-state index is 0.0698. The van der Waals surface area contributed by atoms with Crippen LogP contribution in [0.2, 0.25) is 0 Å². The highest BCUT2D eigenvalue weighted by Gasteiger charge is 2.48. The molecule has 1 saturated carbocycles. The lowest BCUT2D eigenvalue weighted by atomic mass is 9.75. The summed E-state index contributed by atoms with van der Waals surface area (Å²) in [7, 11) is 0. The van der Waals surface area contributed by atoms with Crippen molar-refractivity contribution in [2.45, 2.75) is 31.9 Å². The first kappa shape index (κ1) is 14.6. The number of alkyl halides is 3. The van der Waals surface area contributed by atoms with Gasteiger partial charge in [-0.15, -0.1) is 11.3 Å². The number of halogens is 3. The molecule has 0 bridgehead atoms. The number of fused-ring (bicyclic) bond motifs is 1. The maximum absolute atomic E-state index is 13.2. The average molecular weight is 312 g/mol. The summed E-state index contributed by atoms with van der Waals surface area (Å²) in [6.07, 6.45) is -2.63. The van der Waals surface area contributed by atoms with Gasteiger partial charge >= 0.3 is 6.18 Å². The molecular formula is C16H15F3OS. The fourth-order valence-corrected chi connectivity index (χ4v) is 4.14. The Balaban J connectivity index is 1.98. The SMILES string of the molecule is O=C(c1cccc2ccsc12)C1CCCCC1C(F)(F)F. The summed E-state index contributed by atoms with van der Waals surface area (Å²) in [6, 6.07) is 7.17. The van der Waals surface area contributed by atoms with E-state index < -0.39 is 18.0 Å². The minimum atomic E-state index is -4.29. The number of thiophene rings is 1. The van der Waals surface area contributed by atoms with Crippen molar-refractivity contribution in [1.82, 2.24) is 0 Å². The molecule has 21 heavy (non-hydrogen) atoms. The number of hydrogen-bond acceptors (Lipinski definition) is 2. The molecule has 0 amide bonds. The van der Waals surface area contributed by atoms with Crippen molar-refractivity contribution >= 4 is 27.2 Å². The summed E-state index contributed by atoms with van der Waals surface area (Å²) in [5, 5.41) is 2.79. The van der Waals surface area contributed by atoms with Gasteiger partial charge in [0.05, 0.1) is 5.92 Å². The van der Waals surface area contributed by atoms with Crippen molar-refractivity contribution in [3.05, 3.63) is 35.2 Å². The molecule has 0 spiro atoms. The van der Waals surface area contributed by atoms with Crippen molar-refractivity contribution in [2.75, 3.05) is 0 Å². The number of benzene rings is 1. The fraction of sp³-hybridized carbons (Fsp3) is 0.438. The van der Waals surface area contributed by atoms with Crippen molar-refractivity contribution in [2.24, 2.45) is 11.8 Å². The van der Waals surface area contributed by atoms with Crippen LogP contribution in [0.15, 0.2) is 29.6 Å². The predicted octanol–water partition coefficient (Wildman–Crippen LogP) is 5.45. The zero-order chi connectivity index (χ0) is 15.0. The molecule has 1 aliphatic rings. The normalized spacial score (nSPS) is 23.4. The third-order valence-corrected chi connectivity index (χ3v) is 5.23. The van der Waals surface area contributed by atoms with Gasteiger partial charge in [-0.1, -0.05) is 25.0 Å². The van der Waals surface area contributed by atoms with Crippen LogP contribution in [-0.2, 0) is 0 Å². The van der Waals surface area contributed by atoms with Crippen LogP contribution in [0.25, 0.3) is 10.1 Å². The molecule has 0 aliphatic heterocycles. The van der Waals surface area contributed by atoms with E-state index in [0.29, 0.717) is 24.8 Å². The Kier molecular flexibility index (Phi) is 3.78. The summed E-state index contributed by atoms with van der Waals surface area (Å²) >= 11 is 1.41.